The number of nitrogens with two attached hydrogens (primary N) is 1. The van der Waals surface area contributed by atoms with Crippen LogP contribution in [0.3, 0.4) is 0 Å². The second-order valence-electron chi connectivity index (χ2n) is 5.50. The van der Waals surface area contributed by atoms with Crippen molar-refractivity contribution in [1.29, 1.82) is 0 Å². The molecule has 1 aliphatic carbocycles. The summed E-state index contributed by atoms with van der Waals surface area (Å²) in [6, 6.07) is 0. The van der Waals surface area contributed by atoms with Crippen LogP contribution in [0.4, 0.5) is 5.00 Å². The third-order valence-electron chi connectivity index (χ3n) is 3.74. The first kappa shape index (κ1) is 14.5. The lowest BCUT2D eigenvalue weighted by atomic mass is 10.1. The van der Waals surface area contributed by atoms with Gasteiger partial charge in [-0.3, -0.25) is 9.59 Å². The van der Waals surface area contributed by atoms with E-state index in [2.05, 4.69) is 10.6 Å². The lowest BCUT2D eigenvalue weighted by Gasteiger charge is -2.12. The standard InChI is InChI=1S/C14H19N3O3S/c15-13(19)12-9-3-4-20-7-10(9)21-14(12)17-11(18)6-16-5-8-1-2-8/h8,16H,1-7H2,(H2,15,19)(H,17,18). The van der Waals surface area contributed by atoms with Gasteiger partial charge in [-0.05, 0) is 37.3 Å². The highest BCUT2D eigenvalue weighted by Gasteiger charge is 2.25. The van der Waals surface area contributed by atoms with Crippen molar-refractivity contribution in [3.05, 3.63) is 16.0 Å². The first-order chi connectivity index (χ1) is 10.1. The normalized spacial score (nSPS) is 17.3. The third-order valence-corrected chi connectivity index (χ3v) is 4.86. The average molecular weight is 309 g/mol. The van der Waals surface area contributed by atoms with E-state index in [4.69, 9.17) is 10.5 Å². The highest BCUT2D eigenvalue weighted by molar-refractivity contribution is 7.17. The van der Waals surface area contributed by atoms with Crippen LogP contribution in [0.25, 0.3) is 0 Å². The van der Waals surface area contributed by atoms with Crippen LogP contribution in [-0.2, 0) is 22.6 Å². The molecule has 6 nitrogen and oxygen atoms in total. The van der Waals surface area contributed by atoms with Crippen LogP contribution in [0.1, 0.15) is 33.6 Å². The summed E-state index contributed by atoms with van der Waals surface area (Å²) >= 11 is 1.39. The fourth-order valence-electron chi connectivity index (χ4n) is 2.46. The second kappa shape index (κ2) is 6.13. The zero-order valence-electron chi connectivity index (χ0n) is 11.7. The molecule has 0 bridgehead atoms. The third kappa shape index (κ3) is 3.42. The van der Waals surface area contributed by atoms with Gasteiger partial charge in [0.25, 0.3) is 5.91 Å². The maximum Gasteiger partial charge on any atom is 0.251 e. The number of nitrogens with one attached hydrogen (secondary N) is 2. The van der Waals surface area contributed by atoms with Crippen molar-refractivity contribution in [2.75, 3.05) is 25.0 Å². The van der Waals surface area contributed by atoms with Gasteiger partial charge in [0.05, 0.1) is 25.3 Å². The highest BCUT2D eigenvalue weighted by atomic mass is 32.1. The number of carbonyl (C=O) groups is 2. The SMILES string of the molecule is NC(=O)c1c(NC(=O)CNCC2CC2)sc2c1CCOC2. The Labute approximate surface area is 127 Å². The highest BCUT2D eigenvalue weighted by Crippen LogP contribution is 2.36. The molecule has 0 radical (unpaired) electrons. The number of anilines is 1. The monoisotopic (exact) mass is 309 g/mol. The van der Waals surface area contributed by atoms with Crippen molar-refractivity contribution in [2.24, 2.45) is 11.7 Å². The number of primary amides is 1. The van der Waals surface area contributed by atoms with Gasteiger partial charge in [0.1, 0.15) is 5.00 Å². The first-order valence-electron chi connectivity index (χ1n) is 7.18. The van der Waals surface area contributed by atoms with Gasteiger partial charge >= 0.3 is 0 Å². The van der Waals surface area contributed by atoms with Gasteiger partial charge in [-0.25, -0.2) is 0 Å². The number of amides is 2. The molecule has 1 aromatic heterocycles. The Kier molecular flexibility index (Phi) is 4.23. The molecule has 114 valence electrons. The van der Waals surface area contributed by atoms with Crippen molar-refractivity contribution < 1.29 is 14.3 Å². The number of ether oxygens (including phenoxy) is 1. The number of hydrogen-bond acceptors (Lipinski definition) is 5. The molecule has 0 saturated heterocycles. The summed E-state index contributed by atoms with van der Waals surface area (Å²) in [5, 5.41) is 6.49. The van der Waals surface area contributed by atoms with Gasteiger partial charge in [-0.1, -0.05) is 0 Å². The molecule has 21 heavy (non-hydrogen) atoms. The molecule has 0 atom stereocenters. The number of rotatable bonds is 6. The van der Waals surface area contributed by atoms with Gasteiger partial charge in [-0.15, -0.1) is 11.3 Å². The molecule has 1 aliphatic heterocycles. The minimum absolute atomic E-state index is 0.141. The molecule has 1 aromatic rings. The Morgan fingerprint density at radius 3 is 2.90 bits per heavy atom. The Hall–Kier alpha value is -1.44. The van der Waals surface area contributed by atoms with E-state index in [9.17, 15) is 9.59 Å². The maximum absolute atomic E-state index is 12.0. The van der Waals surface area contributed by atoms with Gasteiger partial charge in [-0.2, -0.15) is 0 Å². The lowest BCUT2D eigenvalue weighted by molar-refractivity contribution is -0.115. The predicted octanol–water partition coefficient (Wildman–Crippen LogP) is 0.858. The van der Waals surface area contributed by atoms with Crippen LogP contribution >= 0.6 is 11.3 Å². The van der Waals surface area contributed by atoms with E-state index in [1.165, 1.54) is 24.2 Å². The molecule has 1 saturated carbocycles. The maximum atomic E-state index is 12.0. The molecular formula is C14H19N3O3S. The summed E-state index contributed by atoms with van der Waals surface area (Å²) in [5.74, 6) is 0.0958. The second-order valence-corrected chi connectivity index (χ2v) is 6.60. The minimum Gasteiger partial charge on any atom is -0.376 e. The summed E-state index contributed by atoms with van der Waals surface area (Å²) in [6.07, 6.45) is 3.16. The molecule has 2 aliphatic rings. The van der Waals surface area contributed by atoms with Gasteiger partial charge in [0.2, 0.25) is 5.91 Å². The summed E-state index contributed by atoms with van der Waals surface area (Å²) in [7, 11) is 0. The van der Waals surface area contributed by atoms with Crippen LogP contribution in [-0.4, -0.2) is 31.5 Å². The van der Waals surface area contributed by atoms with Gasteiger partial charge in [0.15, 0.2) is 0 Å². The minimum atomic E-state index is -0.490. The van der Waals surface area contributed by atoms with Crippen molar-refractivity contribution in [3.63, 3.8) is 0 Å². The fourth-order valence-corrected chi connectivity index (χ4v) is 3.67. The average Bonchev–Trinajstić information content (AvgIpc) is 3.18. The molecule has 0 unspecified atom stereocenters. The van der Waals surface area contributed by atoms with Crippen LogP contribution < -0.4 is 16.4 Å². The van der Waals surface area contributed by atoms with Crippen molar-refractivity contribution in [3.8, 4) is 0 Å². The first-order valence-corrected chi connectivity index (χ1v) is 7.99. The Bertz CT molecular complexity index is 566. The van der Waals surface area contributed by atoms with Crippen LogP contribution in [0, 0.1) is 5.92 Å². The zero-order valence-corrected chi connectivity index (χ0v) is 12.6. The topological polar surface area (TPSA) is 93.5 Å². The molecule has 7 heteroatoms. The summed E-state index contributed by atoms with van der Waals surface area (Å²) in [5.41, 5.74) is 6.85. The molecule has 2 heterocycles. The van der Waals surface area contributed by atoms with E-state index < -0.39 is 5.91 Å². The smallest absolute Gasteiger partial charge is 0.251 e. The molecule has 0 spiro atoms. The van der Waals surface area contributed by atoms with E-state index in [-0.39, 0.29) is 12.5 Å². The van der Waals surface area contributed by atoms with Gasteiger partial charge < -0.3 is 21.1 Å². The van der Waals surface area contributed by atoms with Crippen LogP contribution in [0.5, 0.6) is 0 Å². The number of fused-ring (bicyclic) bond motifs is 1. The molecule has 2 amide bonds. The molecule has 1 fully saturated rings. The molecule has 3 rings (SSSR count). The molecule has 4 N–H and O–H groups in total. The van der Waals surface area contributed by atoms with E-state index in [0.29, 0.717) is 30.2 Å². The predicted molar refractivity (Wildman–Crippen MR) is 80.4 cm³/mol. The summed E-state index contributed by atoms with van der Waals surface area (Å²) in [4.78, 5) is 24.6. The molecular weight excluding hydrogens is 290 g/mol. The van der Waals surface area contributed by atoms with Crippen molar-refractivity contribution >= 4 is 28.2 Å². The quantitative estimate of drug-likeness (QED) is 0.726. The zero-order chi connectivity index (χ0) is 14.8. The number of carbonyl (C=O) groups excluding carboxylic acids is 2. The van der Waals surface area contributed by atoms with E-state index in [1.54, 1.807) is 0 Å². The van der Waals surface area contributed by atoms with E-state index in [0.717, 1.165) is 22.9 Å². The number of hydrogen-bond donors (Lipinski definition) is 3. The Morgan fingerprint density at radius 1 is 1.38 bits per heavy atom. The van der Waals surface area contributed by atoms with Gasteiger partial charge in [0, 0.05) is 4.88 Å². The van der Waals surface area contributed by atoms with E-state index >= 15 is 0 Å². The fraction of sp³-hybridized carbons (Fsp3) is 0.571. The largest absolute Gasteiger partial charge is 0.376 e. The van der Waals surface area contributed by atoms with Crippen LogP contribution in [0.15, 0.2) is 0 Å². The van der Waals surface area contributed by atoms with E-state index in [1.807, 2.05) is 0 Å². The summed E-state index contributed by atoms with van der Waals surface area (Å²) < 4.78 is 5.38. The lowest BCUT2D eigenvalue weighted by Crippen LogP contribution is -2.30. The van der Waals surface area contributed by atoms with Crippen LogP contribution in [0.2, 0.25) is 0 Å². The van der Waals surface area contributed by atoms with Crippen molar-refractivity contribution in [2.45, 2.75) is 25.9 Å². The Balaban J connectivity index is 1.67. The number of thiophene rings is 1. The summed E-state index contributed by atoms with van der Waals surface area (Å²) in [6.45, 7) is 2.20. The van der Waals surface area contributed by atoms with Crippen molar-refractivity contribution in [1.82, 2.24) is 5.32 Å². The Morgan fingerprint density at radius 2 is 2.19 bits per heavy atom. The molecule has 0 aromatic carbocycles.